The van der Waals surface area contributed by atoms with Gasteiger partial charge in [0.2, 0.25) is 0 Å². The average molecular weight is 236 g/mol. The summed E-state index contributed by atoms with van der Waals surface area (Å²) in [5.74, 6) is 0.768. The lowest BCUT2D eigenvalue weighted by atomic mass is 9.98. The van der Waals surface area contributed by atoms with Crippen LogP contribution in [0, 0.1) is 13.8 Å². The maximum absolute atomic E-state index is 6.14. The fourth-order valence-corrected chi connectivity index (χ4v) is 1.98. The molecule has 2 rings (SSSR count). The van der Waals surface area contributed by atoms with Crippen LogP contribution < -0.4 is 5.73 Å². The first-order valence-electron chi connectivity index (χ1n) is 5.15. The highest BCUT2D eigenvalue weighted by Crippen LogP contribution is 2.27. The summed E-state index contributed by atoms with van der Waals surface area (Å²) in [5, 5.41) is 0.771. The first kappa shape index (κ1) is 11.2. The van der Waals surface area contributed by atoms with Crippen LogP contribution in [0.15, 0.2) is 34.9 Å². The molecule has 84 valence electrons. The summed E-state index contributed by atoms with van der Waals surface area (Å²) in [6.07, 6.45) is 1.63. The van der Waals surface area contributed by atoms with Crippen molar-refractivity contribution in [1.82, 2.24) is 0 Å². The second kappa shape index (κ2) is 4.32. The molecular weight excluding hydrogens is 222 g/mol. The zero-order chi connectivity index (χ0) is 11.7. The molecule has 0 aliphatic rings. The molecule has 0 aliphatic heterocycles. The molecule has 0 saturated heterocycles. The summed E-state index contributed by atoms with van der Waals surface area (Å²) < 4.78 is 5.32. The van der Waals surface area contributed by atoms with Crippen molar-refractivity contribution in [3.05, 3.63) is 58.0 Å². The van der Waals surface area contributed by atoms with Crippen molar-refractivity contribution in [3.8, 4) is 0 Å². The van der Waals surface area contributed by atoms with Crippen LogP contribution >= 0.6 is 11.6 Å². The lowest BCUT2D eigenvalue weighted by Crippen LogP contribution is -2.12. The number of halogens is 1. The van der Waals surface area contributed by atoms with Gasteiger partial charge in [0.15, 0.2) is 0 Å². The van der Waals surface area contributed by atoms with E-state index in [2.05, 4.69) is 0 Å². The molecule has 0 spiro atoms. The van der Waals surface area contributed by atoms with E-state index in [9.17, 15) is 0 Å². The molecule has 0 saturated carbocycles. The van der Waals surface area contributed by atoms with Gasteiger partial charge in [0.05, 0.1) is 12.3 Å². The molecule has 1 unspecified atom stereocenters. The normalized spacial score (nSPS) is 12.8. The Labute approximate surface area is 100 Å². The Kier molecular flexibility index (Phi) is 3.03. The molecule has 16 heavy (non-hydrogen) atoms. The van der Waals surface area contributed by atoms with E-state index in [1.165, 1.54) is 0 Å². The van der Waals surface area contributed by atoms with Gasteiger partial charge in [-0.15, -0.1) is 0 Å². The van der Waals surface area contributed by atoms with E-state index in [4.69, 9.17) is 21.8 Å². The third-order valence-corrected chi connectivity index (χ3v) is 3.14. The molecular formula is C13H14ClNO. The smallest absolute Gasteiger partial charge is 0.125 e. The number of aryl methyl sites for hydroxylation is 2. The molecule has 1 atom stereocenters. The first-order chi connectivity index (χ1) is 7.59. The minimum atomic E-state index is -0.231. The molecule has 2 aromatic rings. The Morgan fingerprint density at radius 3 is 2.62 bits per heavy atom. The molecule has 3 heteroatoms. The largest absolute Gasteiger partial charge is 0.467 e. The summed E-state index contributed by atoms with van der Waals surface area (Å²) in [7, 11) is 0. The molecule has 0 fully saturated rings. The van der Waals surface area contributed by atoms with Gasteiger partial charge in [-0.05, 0) is 48.7 Å². The van der Waals surface area contributed by atoms with Crippen LogP contribution in [-0.2, 0) is 0 Å². The highest BCUT2D eigenvalue weighted by atomic mass is 35.5. The lowest BCUT2D eigenvalue weighted by molar-refractivity contribution is 0.489. The summed E-state index contributed by atoms with van der Waals surface area (Å²) in [4.78, 5) is 0. The topological polar surface area (TPSA) is 39.2 Å². The van der Waals surface area contributed by atoms with Gasteiger partial charge in [0, 0.05) is 5.02 Å². The second-order valence-electron chi connectivity index (χ2n) is 3.95. The predicted octanol–water partition coefficient (Wildman–Crippen LogP) is 3.60. The summed E-state index contributed by atoms with van der Waals surface area (Å²) in [6.45, 7) is 3.98. The maximum atomic E-state index is 6.14. The molecule has 0 aliphatic carbocycles. The minimum absolute atomic E-state index is 0.231. The van der Waals surface area contributed by atoms with Crippen LogP contribution in [0.25, 0.3) is 0 Å². The Bertz CT molecular complexity index is 491. The van der Waals surface area contributed by atoms with E-state index in [0.29, 0.717) is 0 Å². The molecule has 0 radical (unpaired) electrons. The van der Waals surface area contributed by atoms with Crippen LogP contribution in [0.2, 0.25) is 5.02 Å². The Morgan fingerprint density at radius 1 is 1.25 bits per heavy atom. The van der Waals surface area contributed by atoms with Crippen molar-refractivity contribution >= 4 is 11.6 Å². The third-order valence-electron chi connectivity index (χ3n) is 2.73. The van der Waals surface area contributed by atoms with Gasteiger partial charge >= 0.3 is 0 Å². The molecule has 2 nitrogen and oxygen atoms in total. The number of hydrogen-bond donors (Lipinski definition) is 1. The van der Waals surface area contributed by atoms with E-state index in [1.54, 1.807) is 6.26 Å². The van der Waals surface area contributed by atoms with Crippen molar-refractivity contribution in [3.63, 3.8) is 0 Å². The van der Waals surface area contributed by atoms with E-state index < -0.39 is 0 Å². The van der Waals surface area contributed by atoms with Gasteiger partial charge in [0.25, 0.3) is 0 Å². The van der Waals surface area contributed by atoms with Crippen molar-refractivity contribution in [1.29, 1.82) is 0 Å². The molecule has 0 bridgehead atoms. The number of furan rings is 1. The molecule has 1 aromatic heterocycles. The van der Waals surface area contributed by atoms with E-state index in [0.717, 1.165) is 27.5 Å². The highest BCUT2D eigenvalue weighted by Gasteiger charge is 2.15. The van der Waals surface area contributed by atoms with Crippen molar-refractivity contribution < 1.29 is 4.42 Å². The van der Waals surface area contributed by atoms with Crippen LogP contribution in [0.3, 0.4) is 0 Å². The number of benzene rings is 1. The van der Waals surface area contributed by atoms with Gasteiger partial charge in [-0.3, -0.25) is 0 Å². The lowest BCUT2D eigenvalue weighted by Gasteiger charge is -2.14. The molecule has 2 N–H and O–H groups in total. The Hall–Kier alpha value is -1.25. The quantitative estimate of drug-likeness (QED) is 0.864. The predicted molar refractivity (Wildman–Crippen MR) is 65.7 cm³/mol. The minimum Gasteiger partial charge on any atom is -0.467 e. The monoisotopic (exact) mass is 235 g/mol. The zero-order valence-corrected chi connectivity index (χ0v) is 10.1. The second-order valence-corrected chi connectivity index (χ2v) is 4.36. The number of hydrogen-bond acceptors (Lipinski definition) is 2. The molecule has 1 aromatic carbocycles. The van der Waals surface area contributed by atoms with Gasteiger partial charge in [-0.25, -0.2) is 0 Å². The van der Waals surface area contributed by atoms with Gasteiger partial charge in [-0.1, -0.05) is 17.7 Å². The van der Waals surface area contributed by atoms with Gasteiger partial charge < -0.3 is 10.2 Å². The van der Waals surface area contributed by atoms with Crippen LogP contribution in [0.1, 0.15) is 28.5 Å². The summed E-state index contributed by atoms with van der Waals surface area (Å²) >= 11 is 6.05. The average Bonchev–Trinajstić information content (AvgIpc) is 2.75. The fraction of sp³-hybridized carbons (Fsp3) is 0.231. The molecule has 1 heterocycles. The van der Waals surface area contributed by atoms with Gasteiger partial charge in [-0.2, -0.15) is 0 Å². The summed E-state index contributed by atoms with van der Waals surface area (Å²) in [6, 6.07) is 7.45. The Balaban J connectivity index is 2.44. The van der Waals surface area contributed by atoms with Gasteiger partial charge in [0.1, 0.15) is 5.76 Å². The van der Waals surface area contributed by atoms with Crippen LogP contribution in [0.4, 0.5) is 0 Å². The third kappa shape index (κ3) is 1.99. The van der Waals surface area contributed by atoms with E-state index >= 15 is 0 Å². The van der Waals surface area contributed by atoms with Crippen molar-refractivity contribution in [2.75, 3.05) is 0 Å². The van der Waals surface area contributed by atoms with Crippen molar-refractivity contribution in [2.24, 2.45) is 5.73 Å². The fourth-order valence-electron chi connectivity index (χ4n) is 1.76. The van der Waals surface area contributed by atoms with E-state index in [-0.39, 0.29) is 6.04 Å². The maximum Gasteiger partial charge on any atom is 0.125 e. The highest BCUT2D eigenvalue weighted by molar-refractivity contribution is 6.31. The van der Waals surface area contributed by atoms with Crippen LogP contribution in [-0.4, -0.2) is 0 Å². The Morgan fingerprint density at radius 2 is 2.00 bits per heavy atom. The molecule has 0 amide bonds. The number of rotatable bonds is 2. The van der Waals surface area contributed by atoms with Crippen molar-refractivity contribution in [2.45, 2.75) is 19.9 Å². The first-order valence-corrected chi connectivity index (χ1v) is 5.53. The number of nitrogens with two attached hydrogens (primary N) is 1. The summed E-state index contributed by atoms with van der Waals surface area (Å²) in [5.41, 5.74) is 9.31. The SMILES string of the molecule is Cc1cc(C(N)c2ccco2)c(C)cc1Cl. The van der Waals surface area contributed by atoms with Crippen LogP contribution in [0.5, 0.6) is 0 Å². The zero-order valence-electron chi connectivity index (χ0n) is 9.33. The van der Waals surface area contributed by atoms with E-state index in [1.807, 2.05) is 38.1 Å². The standard InChI is InChI=1S/C13H14ClNO/c1-8-7-11(14)9(2)6-10(8)13(15)12-4-3-5-16-12/h3-7,13H,15H2,1-2H3.